The van der Waals surface area contributed by atoms with Crippen molar-refractivity contribution in [3.05, 3.63) is 101 Å². The molecule has 3 aromatic rings. The summed E-state index contributed by atoms with van der Waals surface area (Å²) in [7, 11) is 0. The number of benzene rings is 3. The molecule has 1 aliphatic rings. The molecule has 3 nitrogen and oxygen atoms in total. The molecule has 0 spiro atoms. The normalized spacial score (nSPS) is 14.2. The molecule has 3 heteroatoms. The third-order valence-corrected chi connectivity index (χ3v) is 4.00. The molecule has 0 N–H and O–H groups in total. The third kappa shape index (κ3) is 3.31. The quantitative estimate of drug-likeness (QED) is 0.640. The summed E-state index contributed by atoms with van der Waals surface area (Å²) in [6, 6.07) is 24.9. The zero-order chi connectivity index (χ0) is 17.1. The van der Waals surface area contributed by atoms with Gasteiger partial charge < -0.3 is 9.47 Å². The van der Waals surface area contributed by atoms with E-state index >= 15 is 0 Å². The second kappa shape index (κ2) is 6.65. The number of rotatable bonds is 4. The van der Waals surface area contributed by atoms with Gasteiger partial charge in [-0.3, -0.25) is 4.79 Å². The molecule has 1 aliphatic heterocycles. The van der Waals surface area contributed by atoms with Gasteiger partial charge >= 0.3 is 0 Å². The van der Waals surface area contributed by atoms with Gasteiger partial charge in [-0.15, -0.1) is 0 Å². The molecule has 0 amide bonds. The summed E-state index contributed by atoms with van der Waals surface area (Å²) in [6.07, 6.45) is 1.75. The van der Waals surface area contributed by atoms with Crippen LogP contribution < -0.4 is 9.47 Å². The Morgan fingerprint density at radius 1 is 0.840 bits per heavy atom. The molecule has 0 aromatic heterocycles. The van der Waals surface area contributed by atoms with Crippen molar-refractivity contribution in [1.82, 2.24) is 0 Å². The molecule has 1 heterocycles. The Morgan fingerprint density at radius 3 is 2.32 bits per heavy atom. The van der Waals surface area contributed by atoms with Gasteiger partial charge in [-0.1, -0.05) is 54.6 Å². The summed E-state index contributed by atoms with van der Waals surface area (Å²) in [5.41, 5.74) is 2.62. The van der Waals surface area contributed by atoms with Crippen molar-refractivity contribution in [3.63, 3.8) is 0 Å². The van der Waals surface area contributed by atoms with Gasteiger partial charge in [0.25, 0.3) is 0 Å². The highest BCUT2D eigenvalue weighted by Gasteiger charge is 2.26. The van der Waals surface area contributed by atoms with Crippen molar-refractivity contribution < 1.29 is 14.3 Å². The molecule has 0 unspecified atom stereocenters. The number of allylic oxidation sites excluding steroid dienone is 1. The average molecular weight is 328 g/mol. The number of carbonyl (C=O) groups is 1. The molecule has 122 valence electrons. The van der Waals surface area contributed by atoms with E-state index in [1.807, 2.05) is 66.7 Å². The van der Waals surface area contributed by atoms with Crippen LogP contribution in [0.4, 0.5) is 0 Å². The predicted octanol–water partition coefficient (Wildman–Crippen LogP) is 4.88. The van der Waals surface area contributed by atoms with Gasteiger partial charge in [-0.25, -0.2) is 0 Å². The molecule has 0 bridgehead atoms. The smallest absolute Gasteiger partial charge is 0.231 e. The van der Waals surface area contributed by atoms with E-state index in [4.69, 9.17) is 9.47 Å². The van der Waals surface area contributed by atoms with E-state index in [9.17, 15) is 4.79 Å². The topological polar surface area (TPSA) is 35.5 Å². The molecule has 0 fully saturated rings. The SMILES string of the molecule is O=C1/C(=C/c2ccc(OCc3ccccc3)cc2)Oc2ccccc21. The Labute approximate surface area is 146 Å². The van der Waals surface area contributed by atoms with Gasteiger partial charge in [-0.05, 0) is 41.5 Å². The molecule has 0 saturated carbocycles. The standard InChI is InChI=1S/C22H16O3/c23-22-19-8-4-5-9-20(19)25-21(22)14-16-10-12-18(13-11-16)24-15-17-6-2-1-3-7-17/h1-14H,15H2/b21-14-. The largest absolute Gasteiger partial charge is 0.489 e. The van der Waals surface area contributed by atoms with Crippen molar-refractivity contribution in [2.45, 2.75) is 6.61 Å². The number of para-hydroxylation sites is 1. The first kappa shape index (κ1) is 15.2. The van der Waals surface area contributed by atoms with Gasteiger partial charge in [0, 0.05) is 0 Å². The van der Waals surface area contributed by atoms with E-state index in [0.717, 1.165) is 16.9 Å². The van der Waals surface area contributed by atoms with Crippen LogP contribution in [0.15, 0.2) is 84.6 Å². The van der Waals surface area contributed by atoms with E-state index < -0.39 is 0 Å². The minimum Gasteiger partial charge on any atom is -0.489 e. The van der Waals surface area contributed by atoms with Gasteiger partial charge in [0.1, 0.15) is 18.1 Å². The van der Waals surface area contributed by atoms with Gasteiger partial charge in [0.2, 0.25) is 5.78 Å². The fraction of sp³-hybridized carbons (Fsp3) is 0.0455. The number of hydrogen-bond donors (Lipinski definition) is 0. The first-order valence-corrected chi connectivity index (χ1v) is 8.10. The van der Waals surface area contributed by atoms with E-state index in [1.165, 1.54) is 0 Å². The molecule has 25 heavy (non-hydrogen) atoms. The van der Waals surface area contributed by atoms with E-state index in [0.29, 0.717) is 23.7 Å². The molecule has 0 saturated heterocycles. The number of fused-ring (bicyclic) bond motifs is 1. The van der Waals surface area contributed by atoms with E-state index in [2.05, 4.69) is 0 Å². The highest BCUT2D eigenvalue weighted by molar-refractivity contribution is 6.14. The number of Topliss-reactive ketones (excluding diaryl/α,β-unsaturated/α-hetero) is 1. The summed E-state index contributed by atoms with van der Waals surface area (Å²) in [4.78, 5) is 12.3. The highest BCUT2D eigenvalue weighted by Crippen LogP contribution is 2.31. The van der Waals surface area contributed by atoms with E-state index in [1.54, 1.807) is 18.2 Å². The minimum atomic E-state index is -0.0833. The maximum atomic E-state index is 12.3. The number of carbonyl (C=O) groups excluding carboxylic acids is 1. The van der Waals surface area contributed by atoms with Crippen LogP contribution in [0, 0.1) is 0 Å². The lowest BCUT2D eigenvalue weighted by molar-refractivity contribution is 0.101. The maximum absolute atomic E-state index is 12.3. The molecular weight excluding hydrogens is 312 g/mol. The summed E-state index contributed by atoms with van der Waals surface area (Å²) in [5.74, 6) is 1.66. The van der Waals surface area contributed by atoms with E-state index in [-0.39, 0.29) is 5.78 Å². The van der Waals surface area contributed by atoms with Crippen LogP contribution in [0.1, 0.15) is 21.5 Å². The van der Waals surface area contributed by atoms with Crippen molar-refractivity contribution in [2.75, 3.05) is 0 Å². The van der Waals surface area contributed by atoms with Crippen LogP contribution in [0.5, 0.6) is 11.5 Å². The fourth-order valence-electron chi connectivity index (χ4n) is 2.69. The molecular formula is C22H16O3. The summed E-state index contributed by atoms with van der Waals surface area (Å²) < 4.78 is 11.4. The lowest BCUT2D eigenvalue weighted by Crippen LogP contribution is -1.98. The summed E-state index contributed by atoms with van der Waals surface area (Å²) >= 11 is 0. The fourth-order valence-corrected chi connectivity index (χ4v) is 2.69. The zero-order valence-corrected chi connectivity index (χ0v) is 13.5. The van der Waals surface area contributed by atoms with Crippen molar-refractivity contribution >= 4 is 11.9 Å². The zero-order valence-electron chi connectivity index (χ0n) is 13.5. The molecule has 3 aromatic carbocycles. The predicted molar refractivity (Wildman–Crippen MR) is 96.6 cm³/mol. The van der Waals surface area contributed by atoms with Crippen LogP contribution >= 0.6 is 0 Å². The number of ether oxygens (including phenoxy) is 2. The Kier molecular flexibility index (Phi) is 4.05. The van der Waals surface area contributed by atoms with Crippen LogP contribution in [0.3, 0.4) is 0 Å². The Morgan fingerprint density at radius 2 is 1.56 bits per heavy atom. The Hall–Kier alpha value is -3.33. The lowest BCUT2D eigenvalue weighted by atomic mass is 10.1. The minimum absolute atomic E-state index is 0.0833. The van der Waals surface area contributed by atoms with Crippen molar-refractivity contribution in [3.8, 4) is 11.5 Å². The van der Waals surface area contributed by atoms with Gasteiger partial charge in [0.15, 0.2) is 5.76 Å². The summed E-state index contributed by atoms with van der Waals surface area (Å²) in [6.45, 7) is 0.526. The highest BCUT2D eigenvalue weighted by atomic mass is 16.5. The molecule has 0 radical (unpaired) electrons. The first-order chi connectivity index (χ1) is 12.3. The second-order valence-electron chi connectivity index (χ2n) is 5.78. The summed E-state index contributed by atoms with van der Waals surface area (Å²) in [5, 5.41) is 0. The van der Waals surface area contributed by atoms with Crippen LogP contribution in [0.25, 0.3) is 6.08 Å². The Balaban J connectivity index is 1.45. The van der Waals surface area contributed by atoms with Gasteiger partial charge in [0.05, 0.1) is 5.56 Å². The Bertz CT molecular complexity index is 925. The number of ketones is 1. The second-order valence-corrected chi connectivity index (χ2v) is 5.78. The number of hydrogen-bond acceptors (Lipinski definition) is 3. The van der Waals surface area contributed by atoms with Crippen molar-refractivity contribution in [1.29, 1.82) is 0 Å². The first-order valence-electron chi connectivity index (χ1n) is 8.10. The lowest BCUT2D eigenvalue weighted by Gasteiger charge is -2.06. The molecule has 4 rings (SSSR count). The third-order valence-electron chi connectivity index (χ3n) is 4.00. The maximum Gasteiger partial charge on any atom is 0.231 e. The van der Waals surface area contributed by atoms with Crippen molar-refractivity contribution in [2.24, 2.45) is 0 Å². The van der Waals surface area contributed by atoms with Gasteiger partial charge in [-0.2, -0.15) is 0 Å². The molecule has 0 atom stereocenters. The monoisotopic (exact) mass is 328 g/mol. The van der Waals surface area contributed by atoms with Crippen LogP contribution in [-0.4, -0.2) is 5.78 Å². The van der Waals surface area contributed by atoms with Crippen LogP contribution in [-0.2, 0) is 6.61 Å². The average Bonchev–Trinajstić information content (AvgIpc) is 2.98. The molecule has 0 aliphatic carbocycles. The van der Waals surface area contributed by atoms with Crippen LogP contribution in [0.2, 0.25) is 0 Å².